The molecule has 0 bridgehead atoms. The Morgan fingerprint density at radius 2 is 1.60 bits per heavy atom. The summed E-state index contributed by atoms with van der Waals surface area (Å²) in [6, 6.07) is 0. The fourth-order valence-corrected chi connectivity index (χ4v) is 11.9. The second kappa shape index (κ2) is 14.3. The highest BCUT2D eigenvalue weighted by Crippen LogP contribution is 2.70. The molecule has 2 saturated heterocycles. The molecule has 4 nitrogen and oxygen atoms in total. The molecule has 0 aromatic rings. The van der Waals surface area contributed by atoms with Gasteiger partial charge in [-0.05, 0) is 91.8 Å². The number of carbonyl (C=O) groups is 1. The van der Waals surface area contributed by atoms with Crippen LogP contribution < -0.4 is 0 Å². The maximum Gasteiger partial charge on any atom is 0.306 e. The molecule has 4 aliphatic carbocycles. The van der Waals surface area contributed by atoms with E-state index in [9.17, 15) is 4.79 Å². The largest absolute Gasteiger partial charge is 0.462 e. The summed E-state index contributed by atoms with van der Waals surface area (Å²) in [5.41, 5.74) is 2.25. The fourth-order valence-electron chi connectivity index (χ4n) is 11.9. The Bertz CT molecular complexity index is 1030. The van der Waals surface area contributed by atoms with Gasteiger partial charge in [-0.3, -0.25) is 4.79 Å². The Morgan fingerprint density at radius 1 is 0.889 bits per heavy atom. The lowest BCUT2D eigenvalue weighted by atomic mass is 9.47. The Hall–Kier alpha value is -0.870. The lowest BCUT2D eigenvalue weighted by molar-refractivity contribution is -0.272. The van der Waals surface area contributed by atoms with E-state index in [0.717, 1.165) is 50.0 Å². The van der Waals surface area contributed by atoms with Gasteiger partial charge < -0.3 is 14.2 Å². The van der Waals surface area contributed by atoms with Crippen molar-refractivity contribution in [3.63, 3.8) is 0 Å². The van der Waals surface area contributed by atoms with Crippen molar-refractivity contribution in [2.24, 2.45) is 46.3 Å². The molecule has 1 spiro atoms. The van der Waals surface area contributed by atoms with E-state index in [1.165, 1.54) is 103 Å². The second-order valence-corrected chi connectivity index (χ2v) is 17.4. The van der Waals surface area contributed by atoms with Crippen LogP contribution in [-0.4, -0.2) is 30.6 Å². The van der Waals surface area contributed by atoms with Gasteiger partial charge in [0.15, 0.2) is 5.79 Å². The molecule has 0 aromatic carbocycles. The van der Waals surface area contributed by atoms with E-state index >= 15 is 0 Å². The molecule has 4 heteroatoms. The van der Waals surface area contributed by atoms with Crippen molar-refractivity contribution in [2.45, 2.75) is 187 Å². The maximum atomic E-state index is 12.8. The number of hydrogen-bond donors (Lipinski definition) is 0. The molecule has 0 unspecified atom stereocenters. The number of unbranched alkanes of at least 4 members (excludes halogenated alkanes) is 10. The van der Waals surface area contributed by atoms with Crippen molar-refractivity contribution < 1.29 is 19.0 Å². The van der Waals surface area contributed by atoms with Crippen molar-refractivity contribution in [1.82, 2.24) is 0 Å². The number of fused-ring (bicyclic) bond motifs is 7. The molecule has 5 fully saturated rings. The van der Waals surface area contributed by atoms with Crippen molar-refractivity contribution in [2.75, 3.05) is 6.61 Å². The first-order valence-electron chi connectivity index (χ1n) is 19.9. The van der Waals surface area contributed by atoms with Gasteiger partial charge >= 0.3 is 5.97 Å². The molecular formula is C41H68O4. The Morgan fingerprint density at radius 3 is 2.29 bits per heavy atom. The fraction of sp³-hybridized carbons (Fsp3) is 0.927. The monoisotopic (exact) mass is 625 g/mol. The molecule has 2 aliphatic heterocycles. The predicted molar refractivity (Wildman–Crippen MR) is 183 cm³/mol. The molecular weight excluding hydrogens is 556 g/mol. The van der Waals surface area contributed by atoms with Crippen LogP contribution in [0.15, 0.2) is 11.6 Å². The van der Waals surface area contributed by atoms with Crippen LogP contribution in [0.25, 0.3) is 0 Å². The second-order valence-electron chi connectivity index (χ2n) is 17.4. The lowest BCUT2D eigenvalue weighted by Gasteiger charge is -2.58. The third-order valence-corrected chi connectivity index (χ3v) is 14.6. The van der Waals surface area contributed by atoms with E-state index in [1.54, 1.807) is 5.57 Å². The molecule has 45 heavy (non-hydrogen) atoms. The maximum absolute atomic E-state index is 12.8. The number of hydrogen-bond acceptors (Lipinski definition) is 4. The topological polar surface area (TPSA) is 44.8 Å². The number of ether oxygens (including phenoxy) is 3. The number of allylic oxidation sites excluding steroid dienone is 1. The third-order valence-electron chi connectivity index (χ3n) is 14.6. The van der Waals surface area contributed by atoms with Gasteiger partial charge in [-0.2, -0.15) is 0 Å². The van der Waals surface area contributed by atoms with Gasteiger partial charge in [-0.1, -0.05) is 110 Å². The van der Waals surface area contributed by atoms with Gasteiger partial charge in [0.2, 0.25) is 0 Å². The minimum atomic E-state index is -0.318. The summed E-state index contributed by atoms with van der Waals surface area (Å²) in [4.78, 5) is 12.8. The predicted octanol–water partition coefficient (Wildman–Crippen LogP) is 11.0. The molecule has 256 valence electrons. The first-order chi connectivity index (χ1) is 21.7. The van der Waals surface area contributed by atoms with E-state index in [2.05, 4.69) is 40.7 Å². The molecule has 0 radical (unpaired) electrons. The van der Waals surface area contributed by atoms with E-state index in [-0.39, 0.29) is 23.3 Å². The van der Waals surface area contributed by atoms with E-state index in [1.807, 2.05) is 0 Å². The van der Waals surface area contributed by atoms with Crippen molar-refractivity contribution in [3.05, 3.63) is 11.6 Å². The van der Waals surface area contributed by atoms with Crippen LogP contribution >= 0.6 is 0 Å². The normalized spacial score (nSPS) is 43.7. The zero-order valence-electron chi connectivity index (χ0n) is 29.9. The highest BCUT2D eigenvalue weighted by molar-refractivity contribution is 5.69. The zero-order chi connectivity index (χ0) is 31.7. The van der Waals surface area contributed by atoms with Crippen LogP contribution in [0, 0.1) is 46.3 Å². The van der Waals surface area contributed by atoms with Crippen LogP contribution in [0.1, 0.15) is 169 Å². The van der Waals surface area contributed by atoms with Gasteiger partial charge in [-0.15, -0.1) is 0 Å². The summed E-state index contributed by atoms with van der Waals surface area (Å²) in [6.45, 7) is 13.1. The standard InChI is InChI=1S/C41H68O4/c1-6-7-8-9-10-11-12-13-14-15-16-17-37(42)44-32-21-23-39(4)31(26-32)18-19-33-34(39)22-24-40(5)35(33)27-36-38(40)30(3)41(45-36)25-20-29(2)28-43-41/h18,29-30,32-36,38H,6-17,19-28H2,1-5H3/t29-,30+,32+,33-,34+,35+,36+,38+,39+,40+,41-/m1/s1. The number of carbonyl (C=O) groups excluding carboxylic acids is 1. The van der Waals surface area contributed by atoms with Crippen LogP contribution in [0.2, 0.25) is 0 Å². The molecule has 6 rings (SSSR count). The summed E-state index contributed by atoms with van der Waals surface area (Å²) in [5, 5.41) is 0. The van der Waals surface area contributed by atoms with Crippen molar-refractivity contribution >= 4 is 5.97 Å². The number of esters is 1. The van der Waals surface area contributed by atoms with Gasteiger partial charge in [0.25, 0.3) is 0 Å². The summed E-state index contributed by atoms with van der Waals surface area (Å²) in [5.74, 6) is 3.78. The SMILES string of the molecule is CCCCCCCCCCCCCC(=O)O[C@H]1CC[C@@]2(C)C(=CC[C@H]3[C@@H]4C[C@@H]5O[C@]6(CC[C@@H](C)CO6)[C@@H](C)[C@@H]5[C@@]4(C)CC[C@@H]32)C1. The lowest BCUT2D eigenvalue weighted by Crippen LogP contribution is -2.52. The van der Waals surface area contributed by atoms with Crippen LogP contribution in [0.5, 0.6) is 0 Å². The van der Waals surface area contributed by atoms with Crippen molar-refractivity contribution in [1.29, 1.82) is 0 Å². The smallest absolute Gasteiger partial charge is 0.306 e. The molecule has 0 amide bonds. The third kappa shape index (κ3) is 6.73. The highest BCUT2D eigenvalue weighted by atomic mass is 16.7. The quantitative estimate of drug-likeness (QED) is 0.116. The highest BCUT2D eigenvalue weighted by Gasteiger charge is 2.68. The minimum Gasteiger partial charge on any atom is -0.462 e. The first kappa shape index (κ1) is 34.0. The van der Waals surface area contributed by atoms with Gasteiger partial charge in [-0.25, -0.2) is 0 Å². The molecule has 11 atom stereocenters. The Kier molecular flexibility index (Phi) is 10.8. The van der Waals surface area contributed by atoms with Crippen LogP contribution in [0.4, 0.5) is 0 Å². The van der Waals surface area contributed by atoms with E-state index in [4.69, 9.17) is 14.2 Å². The summed E-state index contributed by atoms with van der Waals surface area (Å²) in [7, 11) is 0. The number of rotatable bonds is 13. The summed E-state index contributed by atoms with van der Waals surface area (Å²) in [6.07, 6.45) is 28.7. The summed E-state index contributed by atoms with van der Waals surface area (Å²) < 4.78 is 19.6. The Labute approximate surface area is 276 Å². The van der Waals surface area contributed by atoms with E-state index in [0.29, 0.717) is 35.7 Å². The first-order valence-corrected chi connectivity index (χ1v) is 19.9. The van der Waals surface area contributed by atoms with Gasteiger partial charge in [0.1, 0.15) is 6.10 Å². The molecule has 0 N–H and O–H groups in total. The van der Waals surface area contributed by atoms with Gasteiger partial charge in [0.05, 0.1) is 12.7 Å². The van der Waals surface area contributed by atoms with Crippen LogP contribution in [-0.2, 0) is 19.0 Å². The molecule has 6 aliphatic rings. The van der Waals surface area contributed by atoms with Crippen LogP contribution in [0.3, 0.4) is 0 Å². The molecule has 3 saturated carbocycles. The summed E-state index contributed by atoms with van der Waals surface area (Å²) >= 11 is 0. The minimum absolute atomic E-state index is 0.0445. The van der Waals surface area contributed by atoms with Crippen molar-refractivity contribution in [3.8, 4) is 0 Å². The van der Waals surface area contributed by atoms with Gasteiger partial charge in [0, 0.05) is 25.2 Å². The Balaban J connectivity index is 0.960. The average molecular weight is 625 g/mol. The van der Waals surface area contributed by atoms with E-state index < -0.39 is 0 Å². The average Bonchev–Trinajstić information content (AvgIpc) is 3.47. The zero-order valence-corrected chi connectivity index (χ0v) is 29.9. The molecule has 2 heterocycles. The molecule has 0 aromatic heterocycles.